The normalized spacial score (nSPS) is 11.4. The third-order valence-electron chi connectivity index (χ3n) is 5.39. The van der Waals surface area contributed by atoms with E-state index in [0.717, 1.165) is 43.9 Å². The van der Waals surface area contributed by atoms with Crippen LogP contribution in [0.15, 0.2) is 93.8 Å². The van der Waals surface area contributed by atoms with Crippen LogP contribution in [0, 0.1) is 13.8 Å². The largest absolute Gasteiger partial charge is 0.253 e. The van der Waals surface area contributed by atoms with Crippen LogP contribution < -0.4 is 10.9 Å². The van der Waals surface area contributed by atoms with E-state index in [4.69, 9.17) is 0 Å². The van der Waals surface area contributed by atoms with Gasteiger partial charge in [0.15, 0.2) is 0 Å². The molecule has 2 N–H and O–H groups in total. The van der Waals surface area contributed by atoms with Gasteiger partial charge in [0.25, 0.3) is 0 Å². The fraction of sp³-hybridized carbons (Fsp3) is 0.0714. The van der Waals surface area contributed by atoms with Gasteiger partial charge in [-0.3, -0.25) is 10.9 Å². The highest BCUT2D eigenvalue weighted by atomic mass is 32.1. The van der Waals surface area contributed by atoms with Crippen molar-refractivity contribution in [3.05, 3.63) is 106 Å². The van der Waals surface area contributed by atoms with Crippen LogP contribution in [0.25, 0.3) is 22.5 Å². The number of hydrogen-bond acceptors (Lipinski definition) is 8. The summed E-state index contributed by atoms with van der Waals surface area (Å²) in [5.74, 6) is 0. The molecule has 0 aliphatic heterocycles. The number of aryl methyl sites for hydroxylation is 2. The Morgan fingerprint density at radius 3 is 1.36 bits per heavy atom. The van der Waals surface area contributed by atoms with Gasteiger partial charge in [0.1, 0.15) is 0 Å². The van der Waals surface area contributed by atoms with E-state index in [2.05, 4.69) is 93.4 Å². The maximum Gasteiger partial charge on any atom is 0.203 e. The van der Waals surface area contributed by atoms with Gasteiger partial charge in [-0.2, -0.15) is 10.2 Å². The summed E-state index contributed by atoms with van der Waals surface area (Å²) in [5.41, 5.74) is 14.5. The Bertz CT molecular complexity index is 1370. The maximum atomic E-state index is 4.65. The lowest BCUT2D eigenvalue weighted by molar-refractivity contribution is 1.28. The molecule has 0 amide bonds. The van der Waals surface area contributed by atoms with E-state index in [1.54, 1.807) is 12.4 Å². The Balaban J connectivity index is 1.18. The highest BCUT2D eigenvalue weighted by molar-refractivity contribution is 7.14. The molecule has 0 atom stereocenters. The Morgan fingerprint density at radius 1 is 0.583 bits per heavy atom. The van der Waals surface area contributed by atoms with E-state index >= 15 is 0 Å². The van der Waals surface area contributed by atoms with E-state index in [0.29, 0.717) is 0 Å². The molecule has 6 nitrogen and oxygen atoms in total. The molecule has 5 aromatic rings. The Morgan fingerprint density at radius 2 is 0.972 bits per heavy atom. The molecule has 0 bridgehead atoms. The summed E-state index contributed by atoms with van der Waals surface area (Å²) in [6.45, 7) is 4.14. The number of aromatic nitrogens is 2. The summed E-state index contributed by atoms with van der Waals surface area (Å²) in [4.78, 5) is 9.30. The minimum Gasteiger partial charge on any atom is -0.253 e. The van der Waals surface area contributed by atoms with Crippen LogP contribution in [0.5, 0.6) is 0 Å². The predicted octanol–water partition coefficient (Wildman–Crippen LogP) is 7.44. The van der Waals surface area contributed by atoms with Gasteiger partial charge in [0.2, 0.25) is 10.3 Å². The van der Waals surface area contributed by atoms with Crippen LogP contribution in [-0.4, -0.2) is 22.4 Å². The maximum absolute atomic E-state index is 4.65. The topological polar surface area (TPSA) is 74.6 Å². The van der Waals surface area contributed by atoms with Crippen molar-refractivity contribution in [3.8, 4) is 22.5 Å². The van der Waals surface area contributed by atoms with E-state index in [-0.39, 0.29) is 0 Å². The van der Waals surface area contributed by atoms with Crippen molar-refractivity contribution in [1.82, 2.24) is 9.97 Å². The molecule has 5 rings (SSSR count). The van der Waals surface area contributed by atoms with Gasteiger partial charge in [-0.05, 0) is 25.0 Å². The predicted molar refractivity (Wildman–Crippen MR) is 153 cm³/mol. The summed E-state index contributed by atoms with van der Waals surface area (Å²) < 4.78 is 0. The summed E-state index contributed by atoms with van der Waals surface area (Å²) in [7, 11) is 0. The molecule has 0 spiro atoms. The third kappa shape index (κ3) is 6.10. The smallest absolute Gasteiger partial charge is 0.203 e. The van der Waals surface area contributed by atoms with Gasteiger partial charge >= 0.3 is 0 Å². The van der Waals surface area contributed by atoms with E-state index in [1.807, 2.05) is 35.0 Å². The summed E-state index contributed by atoms with van der Waals surface area (Å²) >= 11 is 3.05. The number of rotatable bonds is 8. The number of hydrazone groups is 2. The molecule has 2 aromatic heterocycles. The molecule has 8 heteroatoms. The van der Waals surface area contributed by atoms with Crippen LogP contribution in [0.2, 0.25) is 0 Å². The molecule has 178 valence electrons. The van der Waals surface area contributed by atoms with Crippen molar-refractivity contribution >= 4 is 45.4 Å². The lowest BCUT2D eigenvalue weighted by atomic mass is 10.1. The lowest BCUT2D eigenvalue weighted by Crippen LogP contribution is -1.90. The standard InChI is InChI=1S/C28H24N6S2/c1-19-3-7-21(8-4-19)15-29-33-27-31-25(17-35-27)23-11-13-24(14-12-23)26-18-36-28(32-26)34-30-16-22-9-5-20(2)6-10-22/h3-18H,1-2H3,(H,31,33)(H,32,34)/b29-15+,30-16+. The second-order valence-corrected chi connectivity index (χ2v) is 9.93. The van der Waals surface area contributed by atoms with Crippen molar-refractivity contribution in [2.24, 2.45) is 10.2 Å². The zero-order chi connectivity index (χ0) is 24.7. The minimum absolute atomic E-state index is 0.749. The van der Waals surface area contributed by atoms with Crippen LogP contribution >= 0.6 is 22.7 Å². The molecule has 0 radical (unpaired) electrons. The van der Waals surface area contributed by atoms with Crippen molar-refractivity contribution in [2.45, 2.75) is 13.8 Å². The molecule has 0 aliphatic rings. The van der Waals surface area contributed by atoms with Gasteiger partial charge in [-0.25, -0.2) is 9.97 Å². The summed E-state index contributed by atoms with van der Waals surface area (Å²) in [6, 6.07) is 24.7. The highest BCUT2D eigenvalue weighted by Gasteiger charge is 2.07. The van der Waals surface area contributed by atoms with Crippen LogP contribution in [0.1, 0.15) is 22.3 Å². The van der Waals surface area contributed by atoms with E-state index in [1.165, 1.54) is 33.8 Å². The molecule has 3 aromatic carbocycles. The molecular formula is C28H24N6S2. The fourth-order valence-corrected chi connectivity index (χ4v) is 4.69. The number of nitrogens with one attached hydrogen (secondary N) is 2. The Kier molecular flexibility index (Phi) is 7.25. The first kappa shape index (κ1) is 23.6. The molecule has 0 unspecified atom stereocenters. The number of benzene rings is 3. The number of nitrogens with zero attached hydrogens (tertiary/aromatic N) is 4. The van der Waals surface area contributed by atoms with Gasteiger partial charge in [0.05, 0.1) is 23.8 Å². The highest BCUT2D eigenvalue weighted by Crippen LogP contribution is 2.29. The molecule has 0 saturated heterocycles. The van der Waals surface area contributed by atoms with Crippen LogP contribution in [0.4, 0.5) is 10.3 Å². The molecule has 0 fully saturated rings. The summed E-state index contributed by atoms with van der Waals surface area (Å²) in [5, 5.41) is 14.1. The van der Waals surface area contributed by atoms with Crippen molar-refractivity contribution in [3.63, 3.8) is 0 Å². The zero-order valence-electron chi connectivity index (χ0n) is 19.8. The first-order chi connectivity index (χ1) is 17.6. The van der Waals surface area contributed by atoms with E-state index in [9.17, 15) is 0 Å². The van der Waals surface area contributed by atoms with Gasteiger partial charge < -0.3 is 0 Å². The monoisotopic (exact) mass is 508 g/mol. The van der Waals surface area contributed by atoms with Gasteiger partial charge in [-0.15, -0.1) is 22.7 Å². The molecular weight excluding hydrogens is 484 g/mol. The molecule has 0 saturated carbocycles. The van der Waals surface area contributed by atoms with Crippen LogP contribution in [-0.2, 0) is 0 Å². The molecule has 2 heterocycles. The summed E-state index contributed by atoms with van der Waals surface area (Å²) in [6.07, 6.45) is 3.58. The Labute approximate surface area is 218 Å². The number of hydrogen-bond donors (Lipinski definition) is 2. The second kappa shape index (κ2) is 11.1. The number of anilines is 2. The SMILES string of the molecule is Cc1ccc(/C=N/Nc2nc(-c3ccc(-c4csc(N/N=C/c5ccc(C)cc5)n4)cc3)cs2)cc1. The third-order valence-corrected chi connectivity index (χ3v) is 6.88. The van der Waals surface area contributed by atoms with Crippen molar-refractivity contribution < 1.29 is 0 Å². The molecule has 36 heavy (non-hydrogen) atoms. The minimum atomic E-state index is 0.749. The quantitative estimate of drug-likeness (QED) is 0.169. The van der Waals surface area contributed by atoms with Gasteiger partial charge in [0, 0.05) is 21.9 Å². The van der Waals surface area contributed by atoms with Crippen molar-refractivity contribution in [1.29, 1.82) is 0 Å². The first-order valence-electron chi connectivity index (χ1n) is 11.4. The number of thiazole rings is 2. The average Bonchev–Trinajstić information content (AvgIpc) is 3.57. The Hall–Kier alpha value is -4.14. The fourth-order valence-electron chi connectivity index (χ4n) is 3.36. The first-order valence-corrected chi connectivity index (χ1v) is 13.1. The van der Waals surface area contributed by atoms with Gasteiger partial charge in [-0.1, -0.05) is 83.9 Å². The zero-order valence-corrected chi connectivity index (χ0v) is 21.5. The average molecular weight is 509 g/mol. The van der Waals surface area contributed by atoms with Crippen molar-refractivity contribution in [2.75, 3.05) is 10.9 Å². The molecule has 0 aliphatic carbocycles. The lowest BCUT2D eigenvalue weighted by Gasteiger charge is -2.00. The second-order valence-electron chi connectivity index (χ2n) is 8.21. The van der Waals surface area contributed by atoms with Crippen LogP contribution in [0.3, 0.4) is 0 Å². The van der Waals surface area contributed by atoms with E-state index < -0.39 is 0 Å².